The largest absolute Gasteiger partial charge is 0.454 e. The van der Waals surface area contributed by atoms with Gasteiger partial charge in [-0.2, -0.15) is 0 Å². The monoisotopic (exact) mass is 394 g/mol. The van der Waals surface area contributed by atoms with Gasteiger partial charge in [-0.15, -0.1) is 0 Å². The molecule has 4 rings (SSSR count). The third kappa shape index (κ3) is 4.60. The number of ether oxygens (including phenoxy) is 2. The topological polar surface area (TPSA) is 85.4 Å². The standard InChI is InChI=1S/C21H19FN4O3/c22-16-4-2-1-3-15(16)7-9-23-20(27)17-8-10-24-21(26-17)25-12-14-5-6-18-19(11-14)29-13-28-18/h1-6,8,10-11H,7,9,12-13H2,(H,23,27)(H,24,25,26). The molecule has 0 atom stereocenters. The van der Waals surface area contributed by atoms with E-state index in [9.17, 15) is 9.18 Å². The predicted molar refractivity (Wildman–Crippen MR) is 104 cm³/mol. The SMILES string of the molecule is O=C(NCCc1ccccc1F)c1ccnc(NCc2ccc3c(c2)OCO3)n1. The molecule has 0 spiro atoms. The molecule has 1 aromatic heterocycles. The number of amides is 1. The number of carbonyl (C=O) groups excluding carboxylic acids is 1. The van der Waals surface area contributed by atoms with Gasteiger partial charge in [-0.05, 0) is 41.8 Å². The average Bonchev–Trinajstić information content (AvgIpc) is 3.22. The fourth-order valence-electron chi connectivity index (χ4n) is 2.90. The van der Waals surface area contributed by atoms with Gasteiger partial charge in [-0.25, -0.2) is 14.4 Å². The zero-order valence-corrected chi connectivity index (χ0v) is 15.5. The van der Waals surface area contributed by atoms with E-state index >= 15 is 0 Å². The van der Waals surface area contributed by atoms with Gasteiger partial charge in [0.2, 0.25) is 12.7 Å². The Bertz CT molecular complexity index is 1030. The first kappa shape index (κ1) is 18.7. The fourth-order valence-corrected chi connectivity index (χ4v) is 2.90. The van der Waals surface area contributed by atoms with Crippen molar-refractivity contribution in [2.75, 3.05) is 18.7 Å². The molecule has 0 saturated carbocycles. The third-order valence-electron chi connectivity index (χ3n) is 4.41. The summed E-state index contributed by atoms with van der Waals surface area (Å²) in [5, 5.41) is 5.84. The number of hydrogen-bond donors (Lipinski definition) is 2. The molecule has 8 heteroatoms. The number of halogens is 1. The Hall–Kier alpha value is -3.68. The van der Waals surface area contributed by atoms with Crippen molar-refractivity contribution in [3.8, 4) is 11.5 Å². The van der Waals surface area contributed by atoms with Gasteiger partial charge in [0.05, 0.1) is 0 Å². The molecule has 0 aliphatic carbocycles. The predicted octanol–water partition coefficient (Wildman–Crippen LogP) is 2.93. The van der Waals surface area contributed by atoms with Crippen LogP contribution in [0.4, 0.5) is 10.3 Å². The van der Waals surface area contributed by atoms with Crippen LogP contribution in [0.2, 0.25) is 0 Å². The van der Waals surface area contributed by atoms with Crippen molar-refractivity contribution in [1.82, 2.24) is 15.3 Å². The zero-order valence-electron chi connectivity index (χ0n) is 15.5. The first-order chi connectivity index (χ1) is 14.2. The smallest absolute Gasteiger partial charge is 0.270 e. The summed E-state index contributed by atoms with van der Waals surface area (Å²) in [6, 6.07) is 13.7. The Morgan fingerprint density at radius 2 is 1.97 bits per heavy atom. The summed E-state index contributed by atoms with van der Waals surface area (Å²) < 4.78 is 24.3. The summed E-state index contributed by atoms with van der Waals surface area (Å²) >= 11 is 0. The minimum Gasteiger partial charge on any atom is -0.454 e. The lowest BCUT2D eigenvalue weighted by molar-refractivity contribution is 0.0949. The van der Waals surface area contributed by atoms with Gasteiger partial charge >= 0.3 is 0 Å². The molecular weight excluding hydrogens is 375 g/mol. The summed E-state index contributed by atoms with van der Waals surface area (Å²) in [6.07, 6.45) is 1.92. The van der Waals surface area contributed by atoms with E-state index in [0.29, 0.717) is 36.8 Å². The lowest BCUT2D eigenvalue weighted by Crippen LogP contribution is -2.27. The van der Waals surface area contributed by atoms with Crippen LogP contribution in [0.25, 0.3) is 0 Å². The number of nitrogens with zero attached hydrogens (tertiary/aromatic N) is 2. The molecule has 148 valence electrons. The number of carbonyl (C=O) groups is 1. The van der Waals surface area contributed by atoms with E-state index in [2.05, 4.69) is 20.6 Å². The molecule has 7 nitrogen and oxygen atoms in total. The molecule has 0 fully saturated rings. The number of anilines is 1. The quantitative estimate of drug-likeness (QED) is 0.641. The normalized spacial score (nSPS) is 11.9. The van der Waals surface area contributed by atoms with Crippen LogP contribution < -0.4 is 20.1 Å². The van der Waals surface area contributed by atoms with Crippen molar-refractivity contribution in [1.29, 1.82) is 0 Å². The second-order valence-corrected chi connectivity index (χ2v) is 6.40. The van der Waals surface area contributed by atoms with Crippen molar-refractivity contribution in [2.45, 2.75) is 13.0 Å². The Morgan fingerprint density at radius 3 is 2.86 bits per heavy atom. The van der Waals surface area contributed by atoms with Crippen LogP contribution in [0, 0.1) is 5.82 Å². The van der Waals surface area contributed by atoms with Gasteiger partial charge in [0.15, 0.2) is 11.5 Å². The van der Waals surface area contributed by atoms with Gasteiger partial charge in [-0.1, -0.05) is 24.3 Å². The minimum atomic E-state index is -0.338. The second kappa shape index (κ2) is 8.55. The van der Waals surface area contributed by atoms with Crippen molar-refractivity contribution in [3.63, 3.8) is 0 Å². The van der Waals surface area contributed by atoms with Crippen LogP contribution in [-0.2, 0) is 13.0 Å². The summed E-state index contributed by atoms with van der Waals surface area (Å²) in [5.74, 6) is 1.14. The molecule has 29 heavy (non-hydrogen) atoms. The van der Waals surface area contributed by atoms with E-state index in [4.69, 9.17) is 9.47 Å². The van der Waals surface area contributed by atoms with Crippen LogP contribution in [-0.4, -0.2) is 29.2 Å². The molecule has 1 aliphatic heterocycles. The lowest BCUT2D eigenvalue weighted by atomic mass is 10.1. The highest BCUT2D eigenvalue weighted by molar-refractivity contribution is 5.92. The number of benzene rings is 2. The van der Waals surface area contributed by atoms with Gasteiger partial charge in [-0.3, -0.25) is 4.79 Å². The van der Waals surface area contributed by atoms with Gasteiger partial charge < -0.3 is 20.1 Å². The van der Waals surface area contributed by atoms with E-state index in [0.717, 1.165) is 11.3 Å². The van der Waals surface area contributed by atoms with E-state index in [1.807, 2.05) is 18.2 Å². The maximum Gasteiger partial charge on any atom is 0.270 e. The summed E-state index contributed by atoms with van der Waals surface area (Å²) in [6.45, 7) is 1.00. The zero-order chi connectivity index (χ0) is 20.1. The fraction of sp³-hybridized carbons (Fsp3) is 0.190. The maximum atomic E-state index is 13.6. The Kier molecular flexibility index (Phi) is 5.51. The summed E-state index contributed by atoms with van der Waals surface area (Å²) in [4.78, 5) is 20.7. The van der Waals surface area contributed by atoms with Crippen LogP contribution in [0.3, 0.4) is 0 Å². The molecule has 2 N–H and O–H groups in total. The number of nitrogens with one attached hydrogen (secondary N) is 2. The minimum absolute atomic E-state index is 0.226. The lowest BCUT2D eigenvalue weighted by Gasteiger charge is -2.08. The number of rotatable bonds is 7. The highest BCUT2D eigenvalue weighted by Crippen LogP contribution is 2.32. The van der Waals surface area contributed by atoms with Crippen LogP contribution in [0.1, 0.15) is 21.6 Å². The second-order valence-electron chi connectivity index (χ2n) is 6.40. The summed E-state index contributed by atoms with van der Waals surface area (Å²) in [5.41, 5.74) is 1.76. The van der Waals surface area contributed by atoms with Crippen LogP contribution in [0.5, 0.6) is 11.5 Å². The number of aromatic nitrogens is 2. The maximum absolute atomic E-state index is 13.6. The Labute approximate surface area is 166 Å². The molecule has 3 aromatic rings. The van der Waals surface area contributed by atoms with Crippen molar-refractivity contribution in [3.05, 3.63) is 77.4 Å². The third-order valence-corrected chi connectivity index (χ3v) is 4.41. The molecule has 0 radical (unpaired) electrons. The van der Waals surface area contributed by atoms with E-state index in [1.165, 1.54) is 18.3 Å². The Balaban J connectivity index is 1.32. The van der Waals surface area contributed by atoms with Crippen LogP contribution >= 0.6 is 0 Å². The van der Waals surface area contributed by atoms with Crippen molar-refractivity contribution in [2.24, 2.45) is 0 Å². The highest BCUT2D eigenvalue weighted by Gasteiger charge is 2.13. The van der Waals surface area contributed by atoms with Crippen molar-refractivity contribution < 1.29 is 18.7 Å². The van der Waals surface area contributed by atoms with E-state index in [-0.39, 0.29) is 24.2 Å². The van der Waals surface area contributed by atoms with Gasteiger partial charge in [0.1, 0.15) is 11.5 Å². The molecule has 1 amide bonds. The summed E-state index contributed by atoms with van der Waals surface area (Å²) in [7, 11) is 0. The molecule has 0 bridgehead atoms. The molecular formula is C21H19FN4O3. The average molecular weight is 394 g/mol. The molecule has 1 aliphatic rings. The highest BCUT2D eigenvalue weighted by atomic mass is 19.1. The van der Waals surface area contributed by atoms with Crippen molar-refractivity contribution >= 4 is 11.9 Å². The van der Waals surface area contributed by atoms with Gasteiger partial charge in [0, 0.05) is 19.3 Å². The molecule has 2 heterocycles. The van der Waals surface area contributed by atoms with E-state index < -0.39 is 0 Å². The molecule has 2 aromatic carbocycles. The number of hydrogen-bond acceptors (Lipinski definition) is 6. The van der Waals surface area contributed by atoms with Crippen LogP contribution in [0.15, 0.2) is 54.7 Å². The number of fused-ring (bicyclic) bond motifs is 1. The molecule has 0 unspecified atom stereocenters. The van der Waals surface area contributed by atoms with Gasteiger partial charge in [0.25, 0.3) is 5.91 Å². The first-order valence-corrected chi connectivity index (χ1v) is 9.16. The Morgan fingerprint density at radius 1 is 1.10 bits per heavy atom. The van der Waals surface area contributed by atoms with E-state index in [1.54, 1.807) is 18.2 Å². The first-order valence-electron chi connectivity index (χ1n) is 9.16. The molecule has 0 saturated heterocycles.